The van der Waals surface area contributed by atoms with Crippen LogP contribution in [0.1, 0.15) is 19.3 Å². The maximum absolute atomic E-state index is 11.1. The summed E-state index contributed by atoms with van der Waals surface area (Å²) in [6.07, 6.45) is 3.21. The Balaban J connectivity index is 2.20. The predicted octanol–water partition coefficient (Wildman–Crippen LogP) is 2.40. The number of rotatable bonds is 6. The standard InChI is InChI=1S/C13H18N4O4/c1-15(2)13(6-3-7-13)9-14-11-5-4-10(16(18)19)8-12(11)17(20)21/h4-5,8,14H,3,6-7,9H2,1-2H3. The Kier molecular flexibility index (Phi) is 4.08. The largest absolute Gasteiger partial charge is 0.378 e. The van der Waals surface area contributed by atoms with Gasteiger partial charge >= 0.3 is 0 Å². The number of hydrogen-bond acceptors (Lipinski definition) is 6. The number of likely N-dealkylation sites (N-methyl/N-ethyl adjacent to an activating group) is 1. The molecule has 1 aromatic carbocycles. The first kappa shape index (κ1) is 15.2. The summed E-state index contributed by atoms with van der Waals surface area (Å²) in [7, 11) is 3.98. The Morgan fingerprint density at radius 2 is 1.90 bits per heavy atom. The van der Waals surface area contributed by atoms with Gasteiger partial charge in [-0.1, -0.05) is 0 Å². The molecule has 0 heterocycles. The molecule has 1 aliphatic carbocycles. The molecule has 8 heteroatoms. The first-order valence-electron chi connectivity index (χ1n) is 6.70. The summed E-state index contributed by atoms with van der Waals surface area (Å²) < 4.78 is 0. The normalized spacial score (nSPS) is 16.3. The minimum Gasteiger partial charge on any atom is -0.378 e. The van der Waals surface area contributed by atoms with Gasteiger partial charge in [0.15, 0.2) is 0 Å². The third-order valence-electron chi connectivity index (χ3n) is 4.23. The molecule has 0 aromatic heterocycles. The van der Waals surface area contributed by atoms with Crippen molar-refractivity contribution in [1.29, 1.82) is 0 Å². The van der Waals surface area contributed by atoms with Crippen molar-refractivity contribution in [3.63, 3.8) is 0 Å². The van der Waals surface area contributed by atoms with Crippen LogP contribution in [-0.2, 0) is 0 Å². The van der Waals surface area contributed by atoms with Crippen molar-refractivity contribution in [2.45, 2.75) is 24.8 Å². The summed E-state index contributed by atoms with van der Waals surface area (Å²) in [6, 6.07) is 3.67. The first-order chi connectivity index (χ1) is 9.85. The Morgan fingerprint density at radius 1 is 1.24 bits per heavy atom. The lowest BCUT2D eigenvalue weighted by atomic mass is 9.75. The highest BCUT2D eigenvalue weighted by molar-refractivity contribution is 5.65. The number of nitrogens with zero attached hydrogens (tertiary/aromatic N) is 3. The minimum absolute atomic E-state index is 0.00957. The van der Waals surface area contributed by atoms with Crippen LogP contribution >= 0.6 is 0 Å². The van der Waals surface area contributed by atoms with E-state index in [-0.39, 0.29) is 16.9 Å². The Labute approximate surface area is 122 Å². The molecule has 0 spiro atoms. The zero-order valence-electron chi connectivity index (χ0n) is 12.0. The Hall–Kier alpha value is -2.22. The topological polar surface area (TPSA) is 102 Å². The van der Waals surface area contributed by atoms with Crippen molar-refractivity contribution >= 4 is 17.1 Å². The molecule has 1 aliphatic rings. The second-order valence-electron chi connectivity index (χ2n) is 5.54. The quantitative estimate of drug-likeness (QED) is 0.638. The number of nitro groups is 2. The molecule has 8 nitrogen and oxygen atoms in total. The van der Waals surface area contributed by atoms with E-state index in [0.717, 1.165) is 25.3 Å². The highest BCUT2D eigenvalue weighted by Gasteiger charge is 2.39. The van der Waals surface area contributed by atoms with Crippen LogP contribution in [0.3, 0.4) is 0 Å². The summed E-state index contributed by atoms with van der Waals surface area (Å²) in [6.45, 7) is 0.582. The van der Waals surface area contributed by atoms with Gasteiger partial charge in [-0.15, -0.1) is 0 Å². The number of nitro benzene ring substituents is 2. The molecule has 0 amide bonds. The minimum atomic E-state index is -0.635. The highest BCUT2D eigenvalue weighted by Crippen LogP contribution is 2.37. The number of benzene rings is 1. The van der Waals surface area contributed by atoms with E-state index < -0.39 is 9.85 Å². The molecule has 114 valence electrons. The number of nitrogens with one attached hydrogen (secondary N) is 1. The van der Waals surface area contributed by atoms with Crippen molar-refractivity contribution in [2.24, 2.45) is 0 Å². The molecule has 1 saturated carbocycles. The highest BCUT2D eigenvalue weighted by atomic mass is 16.6. The van der Waals surface area contributed by atoms with Gasteiger partial charge in [-0.3, -0.25) is 20.2 Å². The van der Waals surface area contributed by atoms with Crippen molar-refractivity contribution in [3.05, 3.63) is 38.4 Å². The monoisotopic (exact) mass is 294 g/mol. The molecule has 1 fully saturated rings. The first-order valence-corrected chi connectivity index (χ1v) is 6.70. The molecule has 0 aliphatic heterocycles. The van der Waals surface area contributed by atoms with Crippen molar-refractivity contribution in [1.82, 2.24) is 4.90 Å². The van der Waals surface area contributed by atoms with Gasteiger partial charge in [0, 0.05) is 18.2 Å². The summed E-state index contributed by atoms with van der Waals surface area (Å²) >= 11 is 0. The third kappa shape index (κ3) is 2.94. The molecular weight excluding hydrogens is 276 g/mol. The fraction of sp³-hybridized carbons (Fsp3) is 0.538. The SMILES string of the molecule is CN(C)C1(CNc2ccc([N+](=O)[O-])cc2[N+](=O)[O-])CCC1. The van der Waals surface area contributed by atoms with Crippen molar-refractivity contribution in [3.8, 4) is 0 Å². The second kappa shape index (κ2) is 5.65. The van der Waals surface area contributed by atoms with Crippen LogP contribution in [0.4, 0.5) is 17.1 Å². The van der Waals surface area contributed by atoms with Crippen LogP contribution in [0.5, 0.6) is 0 Å². The van der Waals surface area contributed by atoms with E-state index in [1.54, 1.807) is 0 Å². The van der Waals surface area contributed by atoms with Gasteiger partial charge in [0.2, 0.25) is 0 Å². The van der Waals surface area contributed by atoms with Crippen molar-refractivity contribution in [2.75, 3.05) is 26.0 Å². The van der Waals surface area contributed by atoms with Gasteiger partial charge in [-0.05, 0) is 39.4 Å². The van der Waals surface area contributed by atoms with Gasteiger partial charge in [-0.2, -0.15) is 0 Å². The molecule has 0 atom stereocenters. The van der Waals surface area contributed by atoms with E-state index in [0.29, 0.717) is 12.2 Å². The summed E-state index contributed by atoms with van der Waals surface area (Å²) in [5.41, 5.74) is -0.218. The Morgan fingerprint density at radius 3 is 2.33 bits per heavy atom. The Bertz CT molecular complexity index is 569. The molecule has 1 aromatic rings. The third-order valence-corrected chi connectivity index (χ3v) is 4.23. The molecule has 1 N–H and O–H groups in total. The van der Waals surface area contributed by atoms with Crippen LogP contribution in [0, 0.1) is 20.2 Å². The number of anilines is 1. The van der Waals surface area contributed by atoms with E-state index in [1.807, 2.05) is 14.1 Å². The summed E-state index contributed by atoms with van der Waals surface area (Å²) in [5, 5.41) is 24.9. The molecule has 0 radical (unpaired) electrons. The maximum atomic E-state index is 11.1. The van der Waals surface area contributed by atoms with Gasteiger partial charge in [0.1, 0.15) is 5.69 Å². The average Bonchev–Trinajstić information content (AvgIpc) is 2.36. The molecule has 0 saturated heterocycles. The van der Waals surface area contributed by atoms with Crippen LogP contribution in [-0.4, -0.2) is 40.9 Å². The zero-order chi connectivity index (χ0) is 15.6. The summed E-state index contributed by atoms with van der Waals surface area (Å²) in [4.78, 5) is 22.7. The smallest absolute Gasteiger partial charge is 0.299 e. The molecular formula is C13H18N4O4. The van der Waals surface area contributed by atoms with E-state index in [2.05, 4.69) is 10.2 Å². The lowest BCUT2D eigenvalue weighted by molar-refractivity contribution is -0.393. The number of non-ortho nitro benzene ring substituents is 1. The van der Waals surface area contributed by atoms with Gasteiger partial charge in [-0.25, -0.2) is 0 Å². The maximum Gasteiger partial charge on any atom is 0.299 e. The van der Waals surface area contributed by atoms with E-state index in [4.69, 9.17) is 0 Å². The van der Waals surface area contributed by atoms with Crippen molar-refractivity contribution < 1.29 is 9.85 Å². The van der Waals surface area contributed by atoms with Gasteiger partial charge in [0.05, 0.1) is 15.9 Å². The van der Waals surface area contributed by atoms with Crippen LogP contribution < -0.4 is 5.32 Å². The molecule has 0 unspecified atom stereocenters. The summed E-state index contributed by atoms with van der Waals surface area (Å²) in [5.74, 6) is 0. The van der Waals surface area contributed by atoms with E-state index >= 15 is 0 Å². The average molecular weight is 294 g/mol. The van der Waals surface area contributed by atoms with Crippen LogP contribution in [0.25, 0.3) is 0 Å². The molecule has 21 heavy (non-hydrogen) atoms. The molecule has 2 rings (SSSR count). The lowest BCUT2D eigenvalue weighted by Crippen LogP contribution is -2.54. The fourth-order valence-corrected chi connectivity index (χ4v) is 2.56. The lowest BCUT2D eigenvalue weighted by Gasteiger charge is -2.47. The zero-order valence-corrected chi connectivity index (χ0v) is 12.0. The van der Waals surface area contributed by atoms with E-state index in [9.17, 15) is 20.2 Å². The van der Waals surface area contributed by atoms with Gasteiger partial charge < -0.3 is 10.2 Å². The van der Waals surface area contributed by atoms with E-state index in [1.165, 1.54) is 12.1 Å². The van der Waals surface area contributed by atoms with Crippen LogP contribution in [0.2, 0.25) is 0 Å². The molecule has 0 bridgehead atoms. The van der Waals surface area contributed by atoms with Gasteiger partial charge in [0.25, 0.3) is 11.4 Å². The second-order valence-corrected chi connectivity index (χ2v) is 5.54. The van der Waals surface area contributed by atoms with Crippen LogP contribution in [0.15, 0.2) is 18.2 Å². The fourth-order valence-electron chi connectivity index (χ4n) is 2.56. The predicted molar refractivity (Wildman–Crippen MR) is 78.5 cm³/mol. The number of hydrogen-bond donors (Lipinski definition) is 1.